The molecular weight excluding hydrogens is 178 g/mol. The molecular formula is C11H17NO2. The molecule has 2 N–H and O–H groups in total. The van der Waals surface area contributed by atoms with Crippen LogP contribution in [0.5, 0.6) is 5.75 Å². The van der Waals surface area contributed by atoms with Gasteiger partial charge in [0.05, 0.1) is 6.61 Å². The molecule has 1 rings (SSSR count). The summed E-state index contributed by atoms with van der Waals surface area (Å²) in [7, 11) is 1.66. The zero-order chi connectivity index (χ0) is 10.4. The van der Waals surface area contributed by atoms with Crippen LogP contribution in [0, 0.1) is 6.92 Å². The Bertz CT molecular complexity index is 287. The van der Waals surface area contributed by atoms with Crippen LogP contribution in [0.15, 0.2) is 18.2 Å². The molecule has 14 heavy (non-hydrogen) atoms. The molecule has 0 saturated heterocycles. The molecule has 0 bridgehead atoms. The molecule has 0 fully saturated rings. The van der Waals surface area contributed by atoms with Gasteiger partial charge in [0.15, 0.2) is 0 Å². The lowest BCUT2D eigenvalue weighted by molar-refractivity contribution is 0.145. The zero-order valence-electron chi connectivity index (χ0n) is 8.75. The van der Waals surface area contributed by atoms with Gasteiger partial charge in [-0.2, -0.15) is 0 Å². The van der Waals surface area contributed by atoms with Crippen molar-refractivity contribution in [2.45, 2.75) is 13.5 Å². The van der Waals surface area contributed by atoms with Crippen LogP contribution in [0.1, 0.15) is 11.1 Å². The van der Waals surface area contributed by atoms with Crippen molar-refractivity contribution >= 4 is 0 Å². The zero-order valence-corrected chi connectivity index (χ0v) is 8.75. The van der Waals surface area contributed by atoms with Crippen LogP contribution in [0.25, 0.3) is 0 Å². The van der Waals surface area contributed by atoms with E-state index in [4.69, 9.17) is 15.2 Å². The highest BCUT2D eigenvalue weighted by molar-refractivity contribution is 5.40. The summed E-state index contributed by atoms with van der Waals surface area (Å²) in [5.74, 6) is 0.895. The molecule has 3 nitrogen and oxygen atoms in total. The second-order valence-electron chi connectivity index (χ2n) is 3.11. The van der Waals surface area contributed by atoms with Crippen molar-refractivity contribution in [1.82, 2.24) is 0 Å². The third-order valence-electron chi connectivity index (χ3n) is 2.05. The molecule has 0 saturated carbocycles. The lowest BCUT2D eigenvalue weighted by Gasteiger charge is -2.12. The lowest BCUT2D eigenvalue weighted by atomic mass is 10.1. The van der Waals surface area contributed by atoms with E-state index in [0.29, 0.717) is 19.8 Å². The molecule has 0 aromatic heterocycles. The van der Waals surface area contributed by atoms with E-state index in [9.17, 15) is 0 Å². The molecule has 0 aliphatic carbocycles. The average molecular weight is 195 g/mol. The minimum atomic E-state index is 0.504. The van der Waals surface area contributed by atoms with Gasteiger partial charge in [-0.1, -0.05) is 18.2 Å². The predicted octanol–water partition coefficient (Wildman–Crippen LogP) is 1.48. The van der Waals surface area contributed by atoms with Crippen LogP contribution in [0.3, 0.4) is 0 Å². The number of nitrogens with two attached hydrogens (primary N) is 1. The van der Waals surface area contributed by atoms with Gasteiger partial charge in [0, 0.05) is 19.2 Å². The Balaban J connectivity index is 2.72. The number of rotatable bonds is 5. The predicted molar refractivity (Wildman–Crippen MR) is 56.4 cm³/mol. The van der Waals surface area contributed by atoms with Crippen LogP contribution in [-0.4, -0.2) is 20.3 Å². The first-order valence-corrected chi connectivity index (χ1v) is 4.70. The maximum atomic E-state index is 5.61. The summed E-state index contributed by atoms with van der Waals surface area (Å²) in [5, 5.41) is 0. The van der Waals surface area contributed by atoms with Crippen LogP contribution in [-0.2, 0) is 11.3 Å². The molecule has 3 heteroatoms. The van der Waals surface area contributed by atoms with Gasteiger partial charge in [0.25, 0.3) is 0 Å². The normalized spacial score (nSPS) is 10.2. The van der Waals surface area contributed by atoms with E-state index in [1.165, 1.54) is 0 Å². The van der Waals surface area contributed by atoms with Gasteiger partial charge in [0.1, 0.15) is 12.4 Å². The monoisotopic (exact) mass is 195 g/mol. The van der Waals surface area contributed by atoms with E-state index in [0.717, 1.165) is 16.9 Å². The standard InChI is InChI=1S/C11H17NO2/c1-9-4-3-5-10(8-12)11(9)14-7-6-13-2/h3-5H,6-8,12H2,1-2H3. The largest absolute Gasteiger partial charge is 0.491 e. The van der Waals surface area contributed by atoms with Gasteiger partial charge < -0.3 is 15.2 Å². The molecule has 0 unspecified atom stereocenters. The molecule has 0 aliphatic heterocycles. The summed E-state index contributed by atoms with van der Waals surface area (Å²) in [5.41, 5.74) is 7.77. The fourth-order valence-corrected chi connectivity index (χ4v) is 1.31. The lowest BCUT2D eigenvalue weighted by Crippen LogP contribution is -2.08. The quantitative estimate of drug-likeness (QED) is 0.724. The molecule has 0 aliphatic rings. The summed E-state index contributed by atoms with van der Waals surface area (Å²) < 4.78 is 10.5. The molecule has 1 aromatic rings. The molecule has 0 radical (unpaired) electrons. The number of para-hydroxylation sites is 1. The highest BCUT2D eigenvalue weighted by atomic mass is 16.5. The van der Waals surface area contributed by atoms with E-state index in [2.05, 4.69) is 0 Å². The summed E-state index contributed by atoms with van der Waals surface area (Å²) in [4.78, 5) is 0. The highest BCUT2D eigenvalue weighted by Crippen LogP contribution is 2.22. The minimum Gasteiger partial charge on any atom is -0.491 e. The maximum Gasteiger partial charge on any atom is 0.126 e. The first-order chi connectivity index (χ1) is 6.79. The number of methoxy groups -OCH3 is 1. The van der Waals surface area contributed by atoms with Gasteiger partial charge in [0.2, 0.25) is 0 Å². The molecule has 78 valence electrons. The summed E-state index contributed by atoms with van der Waals surface area (Å²) in [6, 6.07) is 5.98. The van der Waals surface area contributed by atoms with Gasteiger partial charge in [-0.15, -0.1) is 0 Å². The van der Waals surface area contributed by atoms with Crippen molar-refractivity contribution in [3.63, 3.8) is 0 Å². The Morgan fingerprint density at radius 1 is 1.29 bits per heavy atom. The first-order valence-electron chi connectivity index (χ1n) is 4.70. The number of benzene rings is 1. The Morgan fingerprint density at radius 2 is 2.07 bits per heavy atom. The first kappa shape index (κ1) is 11.0. The van der Waals surface area contributed by atoms with Gasteiger partial charge in [-0.05, 0) is 12.5 Å². The second-order valence-corrected chi connectivity index (χ2v) is 3.11. The van der Waals surface area contributed by atoms with E-state index >= 15 is 0 Å². The summed E-state index contributed by atoms with van der Waals surface area (Å²) in [6.07, 6.45) is 0. The number of hydrogen-bond acceptors (Lipinski definition) is 3. The number of hydrogen-bond donors (Lipinski definition) is 1. The molecule has 1 aromatic carbocycles. The van der Waals surface area contributed by atoms with Crippen molar-refractivity contribution in [2.24, 2.45) is 5.73 Å². The maximum absolute atomic E-state index is 5.61. The van der Waals surface area contributed by atoms with Crippen LogP contribution in [0.2, 0.25) is 0 Å². The van der Waals surface area contributed by atoms with Crippen molar-refractivity contribution in [3.8, 4) is 5.75 Å². The third-order valence-corrected chi connectivity index (χ3v) is 2.05. The van der Waals surface area contributed by atoms with E-state index < -0.39 is 0 Å². The molecule has 0 amide bonds. The number of ether oxygens (including phenoxy) is 2. The van der Waals surface area contributed by atoms with Crippen molar-refractivity contribution in [3.05, 3.63) is 29.3 Å². The average Bonchev–Trinajstić information content (AvgIpc) is 2.20. The van der Waals surface area contributed by atoms with Gasteiger partial charge >= 0.3 is 0 Å². The number of aryl methyl sites for hydroxylation is 1. The van der Waals surface area contributed by atoms with Gasteiger partial charge in [-0.25, -0.2) is 0 Å². The molecule has 0 atom stereocenters. The Kier molecular flexibility index (Phi) is 4.43. The third kappa shape index (κ3) is 2.72. The smallest absolute Gasteiger partial charge is 0.126 e. The van der Waals surface area contributed by atoms with Crippen LogP contribution < -0.4 is 10.5 Å². The van der Waals surface area contributed by atoms with Crippen molar-refractivity contribution in [1.29, 1.82) is 0 Å². The molecule has 0 spiro atoms. The Morgan fingerprint density at radius 3 is 2.71 bits per heavy atom. The highest BCUT2D eigenvalue weighted by Gasteiger charge is 2.04. The van der Waals surface area contributed by atoms with E-state index in [-0.39, 0.29) is 0 Å². The van der Waals surface area contributed by atoms with E-state index in [1.54, 1.807) is 7.11 Å². The Hall–Kier alpha value is -1.06. The molecule has 0 heterocycles. The Labute approximate surface area is 84.8 Å². The van der Waals surface area contributed by atoms with E-state index in [1.807, 2.05) is 25.1 Å². The summed E-state index contributed by atoms with van der Waals surface area (Å²) >= 11 is 0. The topological polar surface area (TPSA) is 44.5 Å². The fraction of sp³-hybridized carbons (Fsp3) is 0.455. The van der Waals surface area contributed by atoms with Crippen LogP contribution >= 0.6 is 0 Å². The summed E-state index contributed by atoms with van der Waals surface area (Å²) in [6.45, 7) is 3.68. The van der Waals surface area contributed by atoms with Crippen molar-refractivity contribution < 1.29 is 9.47 Å². The SMILES string of the molecule is COCCOc1c(C)cccc1CN. The minimum absolute atomic E-state index is 0.504. The van der Waals surface area contributed by atoms with Gasteiger partial charge in [-0.3, -0.25) is 0 Å². The van der Waals surface area contributed by atoms with Crippen molar-refractivity contribution in [2.75, 3.05) is 20.3 Å². The van der Waals surface area contributed by atoms with Crippen LogP contribution in [0.4, 0.5) is 0 Å². The fourth-order valence-electron chi connectivity index (χ4n) is 1.31. The second kappa shape index (κ2) is 5.62.